The number of aromatic nitrogens is 1. The molecule has 2 rings (SSSR count). The van der Waals surface area contributed by atoms with Gasteiger partial charge in [0, 0.05) is 23.3 Å². The average molecular weight is 287 g/mol. The van der Waals surface area contributed by atoms with E-state index in [-0.39, 0.29) is 5.82 Å². The molecular formula is C12H16BrFN2. The van der Waals surface area contributed by atoms with Gasteiger partial charge in [-0.15, -0.1) is 0 Å². The summed E-state index contributed by atoms with van der Waals surface area (Å²) >= 11 is 3.23. The van der Waals surface area contributed by atoms with Crippen LogP contribution in [0.5, 0.6) is 0 Å². The first-order valence-electron chi connectivity index (χ1n) is 5.65. The van der Waals surface area contributed by atoms with Crippen molar-refractivity contribution in [3.05, 3.63) is 22.6 Å². The fourth-order valence-corrected chi connectivity index (χ4v) is 2.11. The second-order valence-corrected chi connectivity index (χ2v) is 5.65. The van der Waals surface area contributed by atoms with Crippen molar-refractivity contribution in [2.24, 2.45) is 5.92 Å². The predicted molar refractivity (Wildman–Crippen MR) is 67.1 cm³/mol. The smallest absolute Gasteiger partial charge is 0.166 e. The van der Waals surface area contributed by atoms with Crippen LogP contribution in [-0.2, 0) is 0 Å². The maximum absolute atomic E-state index is 13.8. The Labute approximate surface area is 104 Å². The van der Waals surface area contributed by atoms with Crippen LogP contribution < -0.4 is 4.90 Å². The summed E-state index contributed by atoms with van der Waals surface area (Å²) in [5.74, 6) is 0.784. The van der Waals surface area contributed by atoms with Crippen LogP contribution in [0.25, 0.3) is 0 Å². The van der Waals surface area contributed by atoms with Crippen LogP contribution in [0.1, 0.15) is 26.7 Å². The standard InChI is InChI=1S/C12H16BrFN2/c1-8(2)7-16(10-3-4-10)12-11(14)5-9(13)6-15-12/h5-6,8,10H,3-4,7H2,1-2H3. The van der Waals surface area contributed by atoms with Gasteiger partial charge in [-0.1, -0.05) is 13.8 Å². The van der Waals surface area contributed by atoms with E-state index in [4.69, 9.17) is 0 Å². The summed E-state index contributed by atoms with van der Waals surface area (Å²) in [4.78, 5) is 6.30. The molecule has 0 N–H and O–H groups in total. The highest BCUT2D eigenvalue weighted by Crippen LogP contribution is 2.33. The molecule has 1 aliphatic carbocycles. The molecule has 0 bridgehead atoms. The molecule has 0 spiro atoms. The van der Waals surface area contributed by atoms with Crippen molar-refractivity contribution >= 4 is 21.7 Å². The Hall–Kier alpha value is -0.640. The topological polar surface area (TPSA) is 16.1 Å². The van der Waals surface area contributed by atoms with Crippen molar-refractivity contribution in [1.29, 1.82) is 0 Å². The molecule has 0 unspecified atom stereocenters. The maximum Gasteiger partial charge on any atom is 0.166 e. The van der Waals surface area contributed by atoms with Gasteiger partial charge in [0.25, 0.3) is 0 Å². The molecule has 16 heavy (non-hydrogen) atoms. The van der Waals surface area contributed by atoms with Gasteiger partial charge in [0.05, 0.1) is 0 Å². The number of hydrogen-bond donors (Lipinski definition) is 0. The monoisotopic (exact) mass is 286 g/mol. The van der Waals surface area contributed by atoms with E-state index in [1.54, 1.807) is 6.20 Å². The van der Waals surface area contributed by atoms with Crippen LogP contribution in [0.3, 0.4) is 0 Å². The van der Waals surface area contributed by atoms with Crippen LogP contribution >= 0.6 is 15.9 Å². The molecule has 1 aliphatic rings. The zero-order chi connectivity index (χ0) is 11.7. The van der Waals surface area contributed by atoms with Crippen LogP contribution in [0, 0.1) is 11.7 Å². The summed E-state index contributed by atoms with van der Waals surface area (Å²) in [6, 6.07) is 1.98. The van der Waals surface area contributed by atoms with Crippen molar-refractivity contribution in [3.8, 4) is 0 Å². The average Bonchev–Trinajstić information content (AvgIpc) is 2.97. The minimum absolute atomic E-state index is 0.234. The first kappa shape index (κ1) is 11.8. The van der Waals surface area contributed by atoms with Crippen LogP contribution in [0.2, 0.25) is 0 Å². The molecular weight excluding hydrogens is 271 g/mol. The third kappa shape index (κ3) is 2.73. The van der Waals surface area contributed by atoms with Crippen molar-refractivity contribution in [1.82, 2.24) is 4.98 Å². The Morgan fingerprint density at radius 3 is 2.75 bits per heavy atom. The highest BCUT2D eigenvalue weighted by Gasteiger charge is 2.31. The molecule has 0 atom stereocenters. The molecule has 4 heteroatoms. The van der Waals surface area contributed by atoms with Gasteiger partial charge in [0.1, 0.15) is 0 Å². The predicted octanol–water partition coefficient (Wildman–Crippen LogP) is 3.61. The van der Waals surface area contributed by atoms with E-state index in [0.29, 0.717) is 22.3 Å². The summed E-state index contributed by atoms with van der Waals surface area (Å²) in [5.41, 5.74) is 0. The lowest BCUT2D eigenvalue weighted by Gasteiger charge is -2.25. The summed E-state index contributed by atoms with van der Waals surface area (Å²) in [6.45, 7) is 5.16. The number of hydrogen-bond acceptors (Lipinski definition) is 2. The van der Waals surface area contributed by atoms with Gasteiger partial charge in [0.2, 0.25) is 0 Å². The summed E-state index contributed by atoms with van der Waals surface area (Å²) < 4.78 is 14.5. The zero-order valence-electron chi connectivity index (χ0n) is 9.58. The van der Waals surface area contributed by atoms with E-state index in [1.165, 1.54) is 6.07 Å². The largest absolute Gasteiger partial charge is 0.351 e. The second kappa shape index (κ2) is 4.70. The fourth-order valence-electron chi connectivity index (χ4n) is 1.81. The van der Waals surface area contributed by atoms with Crippen LogP contribution in [0.15, 0.2) is 16.7 Å². The number of halogens is 2. The SMILES string of the molecule is CC(C)CN(c1ncc(Br)cc1F)C1CC1. The molecule has 1 saturated carbocycles. The molecule has 0 aliphatic heterocycles. The number of nitrogens with zero attached hydrogens (tertiary/aromatic N) is 2. The number of rotatable bonds is 4. The van der Waals surface area contributed by atoms with Gasteiger partial charge in [-0.25, -0.2) is 9.37 Å². The molecule has 0 amide bonds. The summed E-state index contributed by atoms with van der Waals surface area (Å²) in [6.07, 6.45) is 3.97. The molecule has 88 valence electrons. The first-order valence-corrected chi connectivity index (χ1v) is 6.45. The van der Waals surface area contributed by atoms with Crippen molar-refractivity contribution in [2.45, 2.75) is 32.7 Å². The van der Waals surface area contributed by atoms with E-state index >= 15 is 0 Å². The highest BCUT2D eigenvalue weighted by molar-refractivity contribution is 9.10. The normalized spacial score (nSPS) is 15.6. The van der Waals surface area contributed by atoms with E-state index in [0.717, 1.165) is 19.4 Å². The lowest BCUT2D eigenvalue weighted by molar-refractivity contribution is 0.569. The van der Waals surface area contributed by atoms with E-state index in [9.17, 15) is 4.39 Å². The zero-order valence-corrected chi connectivity index (χ0v) is 11.2. The van der Waals surface area contributed by atoms with Crippen LogP contribution in [0.4, 0.5) is 10.2 Å². The van der Waals surface area contributed by atoms with E-state index in [1.807, 2.05) is 0 Å². The van der Waals surface area contributed by atoms with Gasteiger partial charge in [0.15, 0.2) is 11.6 Å². The molecule has 1 fully saturated rings. The molecule has 1 heterocycles. The lowest BCUT2D eigenvalue weighted by Crippen LogP contribution is -2.31. The summed E-state index contributed by atoms with van der Waals surface area (Å²) in [5, 5.41) is 0. The van der Waals surface area contributed by atoms with Crippen molar-refractivity contribution in [2.75, 3.05) is 11.4 Å². The number of anilines is 1. The third-order valence-corrected chi connectivity index (χ3v) is 3.04. The first-order chi connectivity index (χ1) is 7.58. The molecule has 0 radical (unpaired) electrons. The Balaban J connectivity index is 2.24. The molecule has 1 aromatic heterocycles. The van der Waals surface area contributed by atoms with E-state index < -0.39 is 0 Å². The lowest BCUT2D eigenvalue weighted by atomic mass is 10.2. The third-order valence-electron chi connectivity index (χ3n) is 2.61. The Morgan fingerprint density at radius 2 is 2.25 bits per heavy atom. The number of pyridine rings is 1. The van der Waals surface area contributed by atoms with Crippen LogP contribution in [-0.4, -0.2) is 17.6 Å². The minimum Gasteiger partial charge on any atom is -0.351 e. The van der Waals surface area contributed by atoms with Gasteiger partial charge in [-0.2, -0.15) is 0 Å². The van der Waals surface area contributed by atoms with Crippen molar-refractivity contribution in [3.63, 3.8) is 0 Å². The second-order valence-electron chi connectivity index (χ2n) is 4.74. The maximum atomic E-state index is 13.8. The Kier molecular flexibility index (Phi) is 3.47. The quantitative estimate of drug-likeness (QED) is 0.841. The minimum atomic E-state index is -0.234. The molecule has 2 nitrogen and oxygen atoms in total. The fraction of sp³-hybridized carbons (Fsp3) is 0.583. The molecule has 0 aromatic carbocycles. The highest BCUT2D eigenvalue weighted by atomic mass is 79.9. The summed E-state index contributed by atoms with van der Waals surface area (Å²) in [7, 11) is 0. The van der Waals surface area contributed by atoms with Gasteiger partial charge >= 0.3 is 0 Å². The molecule has 1 aromatic rings. The van der Waals surface area contributed by atoms with Gasteiger partial charge in [-0.05, 0) is 40.8 Å². The Morgan fingerprint density at radius 1 is 1.56 bits per heavy atom. The molecule has 0 saturated heterocycles. The van der Waals surface area contributed by atoms with Gasteiger partial charge in [-0.3, -0.25) is 0 Å². The van der Waals surface area contributed by atoms with E-state index in [2.05, 4.69) is 39.7 Å². The Bertz CT molecular complexity index is 377. The van der Waals surface area contributed by atoms with Gasteiger partial charge < -0.3 is 4.90 Å². The van der Waals surface area contributed by atoms with Crippen molar-refractivity contribution < 1.29 is 4.39 Å².